The van der Waals surface area contributed by atoms with Crippen molar-refractivity contribution < 1.29 is 4.39 Å². The average molecular weight is 231 g/mol. The molecule has 17 heavy (non-hydrogen) atoms. The largest absolute Gasteiger partial charge is 0.352 e. The molecule has 0 aliphatic carbocycles. The van der Waals surface area contributed by atoms with Crippen LogP contribution in [0.1, 0.15) is 12.5 Å². The molecule has 0 saturated carbocycles. The van der Waals surface area contributed by atoms with Gasteiger partial charge in [-0.05, 0) is 12.5 Å². The average Bonchev–Trinajstić information content (AvgIpc) is 2.37. The zero-order valence-electron chi connectivity index (χ0n) is 9.68. The summed E-state index contributed by atoms with van der Waals surface area (Å²) in [5, 5.41) is 0. The van der Waals surface area contributed by atoms with E-state index in [0.717, 1.165) is 6.54 Å². The van der Waals surface area contributed by atoms with Gasteiger partial charge in [-0.3, -0.25) is 0 Å². The minimum Gasteiger partial charge on any atom is -0.352 e. The summed E-state index contributed by atoms with van der Waals surface area (Å²) in [6.45, 7) is 3.50. The van der Waals surface area contributed by atoms with Crippen LogP contribution >= 0.6 is 0 Å². The lowest BCUT2D eigenvalue weighted by atomic mass is 10.2. The number of hydrogen-bond donors (Lipinski definition) is 0. The lowest BCUT2D eigenvalue weighted by Crippen LogP contribution is -2.23. The van der Waals surface area contributed by atoms with Crippen LogP contribution in [0.4, 0.5) is 10.2 Å². The van der Waals surface area contributed by atoms with Crippen molar-refractivity contribution >= 4 is 5.82 Å². The molecule has 1 aromatic carbocycles. The van der Waals surface area contributed by atoms with E-state index in [1.54, 1.807) is 0 Å². The number of rotatable bonds is 4. The maximum atomic E-state index is 13.0. The fourth-order valence-electron chi connectivity index (χ4n) is 1.66. The summed E-state index contributed by atoms with van der Waals surface area (Å²) >= 11 is 0. The minimum absolute atomic E-state index is 0.499. The fraction of sp³-hybridized carbons (Fsp3) is 0.231. The van der Waals surface area contributed by atoms with Gasteiger partial charge in [0.2, 0.25) is 5.95 Å². The molecule has 2 aromatic rings. The molecule has 0 N–H and O–H groups in total. The van der Waals surface area contributed by atoms with Gasteiger partial charge in [0.25, 0.3) is 0 Å². The van der Waals surface area contributed by atoms with E-state index in [1.807, 2.05) is 42.2 Å². The molecule has 0 aliphatic rings. The van der Waals surface area contributed by atoms with Crippen molar-refractivity contribution in [2.45, 2.75) is 13.5 Å². The smallest absolute Gasteiger partial charge is 0.218 e. The van der Waals surface area contributed by atoms with Crippen molar-refractivity contribution in [3.05, 3.63) is 54.2 Å². The molecule has 0 amide bonds. The second-order valence-electron chi connectivity index (χ2n) is 3.70. The van der Waals surface area contributed by atoms with E-state index in [0.29, 0.717) is 12.4 Å². The van der Waals surface area contributed by atoms with Gasteiger partial charge in [0.05, 0.1) is 0 Å². The third-order valence-electron chi connectivity index (χ3n) is 2.54. The molecule has 0 saturated heterocycles. The van der Waals surface area contributed by atoms with Crippen LogP contribution in [0.25, 0.3) is 0 Å². The van der Waals surface area contributed by atoms with Gasteiger partial charge in [-0.25, -0.2) is 9.97 Å². The molecule has 0 atom stereocenters. The van der Waals surface area contributed by atoms with Gasteiger partial charge in [-0.2, -0.15) is 4.39 Å². The van der Waals surface area contributed by atoms with Crippen molar-refractivity contribution in [2.75, 3.05) is 11.4 Å². The van der Waals surface area contributed by atoms with Crippen molar-refractivity contribution in [3.8, 4) is 0 Å². The van der Waals surface area contributed by atoms with E-state index < -0.39 is 5.95 Å². The Morgan fingerprint density at radius 1 is 1.18 bits per heavy atom. The van der Waals surface area contributed by atoms with E-state index in [-0.39, 0.29) is 0 Å². The molecule has 3 nitrogen and oxygen atoms in total. The molecule has 4 heteroatoms. The summed E-state index contributed by atoms with van der Waals surface area (Å²) in [6, 6.07) is 11.4. The number of aromatic nitrogens is 2. The number of nitrogens with zero attached hydrogens (tertiary/aromatic N) is 3. The van der Waals surface area contributed by atoms with Gasteiger partial charge < -0.3 is 4.90 Å². The molecular formula is C13H14FN3. The van der Waals surface area contributed by atoms with Crippen LogP contribution in [-0.2, 0) is 6.54 Å². The lowest BCUT2D eigenvalue weighted by Gasteiger charge is -2.21. The predicted octanol–water partition coefficient (Wildman–Crippen LogP) is 2.64. The normalized spacial score (nSPS) is 10.2. The SMILES string of the molecule is CCN(Cc1ccccc1)c1cc(F)ncn1. The zero-order valence-corrected chi connectivity index (χ0v) is 9.68. The monoisotopic (exact) mass is 231 g/mol. The highest BCUT2D eigenvalue weighted by molar-refractivity contribution is 5.38. The van der Waals surface area contributed by atoms with Gasteiger partial charge in [0, 0.05) is 19.2 Å². The zero-order chi connectivity index (χ0) is 12.1. The molecule has 2 rings (SSSR count). The number of hydrogen-bond acceptors (Lipinski definition) is 3. The topological polar surface area (TPSA) is 29.0 Å². The quantitative estimate of drug-likeness (QED) is 0.757. The Balaban J connectivity index is 2.17. The van der Waals surface area contributed by atoms with Crippen molar-refractivity contribution in [3.63, 3.8) is 0 Å². The van der Waals surface area contributed by atoms with Crippen molar-refractivity contribution in [1.82, 2.24) is 9.97 Å². The molecule has 0 radical (unpaired) electrons. The van der Waals surface area contributed by atoms with Crippen LogP contribution in [0.2, 0.25) is 0 Å². The Kier molecular flexibility index (Phi) is 3.65. The first-order valence-corrected chi connectivity index (χ1v) is 5.56. The standard InChI is InChI=1S/C13H14FN3/c1-2-17(9-11-6-4-3-5-7-11)13-8-12(14)15-10-16-13/h3-8,10H,2,9H2,1H3. The summed E-state index contributed by atoms with van der Waals surface area (Å²) in [5.41, 5.74) is 1.17. The maximum Gasteiger partial charge on any atom is 0.218 e. The van der Waals surface area contributed by atoms with Crippen LogP contribution in [0.15, 0.2) is 42.7 Å². The Bertz CT molecular complexity index is 473. The summed E-state index contributed by atoms with van der Waals surface area (Å²) in [5.74, 6) is 0.116. The van der Waals surface area contributed by atoms with E-state index >= 15 is 0 Å². The van der Waals surface area contributed by atoms with Crippen molar-refractivity contribution in [1.29, 1.82) is 0 Å². The molecule has 1 heterocycles. The Morgan fingerprint density at radius 2 is 1.94 bits per heavy atom. The Morgan fingerprint density at radius 3 is 2.59 bits per heavy atom. The number of halogens is 1. The van der Waals surface area contributed by atoms with Gasteiger partial charge in [0.15, 0.2) is 0 Å². The first-order chi connectivity index (χ1) is 8.29. The molecule has 0 unspecified atom stereocenters. The van der Waals surface area contributed by atoms with E-state index in [2.05, 4.69) is 9.97 Å². The molecule has 0 aliphatic heterocycles. The minimum atomic E-state index is -0.499. The molecule has 1 aromatic heterocycles. The fourth-order valence-corrected chi connectivity index (χ4v) is 1.66. The molecule has 0 bridgehead atoms. The second-order valence-corrected chi connectivity index (χ2v) is 3.70. The van der Waals surface area contributed by atoms with Gasteiger partial charge >= 0.3 is 0 Å². The first kappa shape index (κ1) is 11.5. The maximum absolute atomic E-state index is 13.0. The molecular weight excluding hydrogens is 217 g/mol. The van der Waals surface area contributed by atoms with Crippen LogP contribution in [0.3, 0.4) is 0 Å². The van der Waals surface area contributed by atoms with Gasteiger partial charge in [-0.1, -0.05) is 30.3 Å². The third kappa shape index (κ3) is 3.00. The Hall–Kier alpha value is -1.97. The Labute approximate surface area is 99.9 Å². The third-order valence-corrected chi connectivity index (χ3v) is 2.54. The second kappa shape index (κ2) is 5.39. The van der Waals surface area contributed by atoms with E-state index in [9.17, 15) is 4.39 Å². The summed E-state index contributed by atoms with van der Waals surface area (Å²) < 4.78 is 13.0. The van der Waals surface area contributed by atoms with Gasteiger partial charge in [-0.15, -0.1) is 0 Å². The summed E-state index contributed by atoms with van der Waals surface area (Å²) in [6.07, 6.45) is 1.25. The van der Waals surface area contributed by atoms with E-state index in [4.69, 9.17) is 0 Å². The summed E-state index contributed by atoms with van der Waals surface area (Å²) in [7, 11) is 0. The summed E-state index contributed by atoms with van der Waals surface area (Å²) in [4.78, 5) is 9.54. The number of anilines is 1. The first-order valence-electron chi connectivity index (χ1n) is 5.56. The molecule has 88 valence electrons. The highest BCUT2D eigenvalue weighted by Crippen LogP contribution is 2.13. The van der Waals surface area contributed by atoms with Crippen LogP contribution < -0.4 is 4.90 Å². The van der Waals surface area contributed by atoms with Crippen molar-refractivity contribution in [2.24, 2.45) is 0 Å². The highest BCUT2D eigenvalue weighted by atomic mass is 19.1. The predicted molar refractivity (Wildman–Crippen MR) is 65.2 cm³/mol. The lowest BCUT2D eigenvalue weighted by molar-refractivity contribution is 0.577. The van der Waals surface area contributed by atoms with Crippen LogP contribution in [0, 0.1) is 5.95 Å². The van der Waals surface area contributed by atoms with Crippen LogP contribution in [0.5, 0.6) is 0 Å². The molecule has 0 fully saturated rings. The van der Waals surface area contributed by atoms with Crippen LogP contribution in [-0.4, -0.2) is 16.5 Å². The highest BCUT2D eigenvalue weighted by Gasteiger charge is 2.07. The van der Waals surface area contributed by atoms with Gasteiger partial charge in [0.1, 0.15) is 12.1 Å². The molecule has 0 spiro atoms. The number of benzene rings is 1. The van der Waals surface area contributed by atoms with E-state index in [1.165, 1.54) is 18.0 Å².